The molecular formula is C32H36N4O3. The zero-order valence-corrected chi connectivity index (χ0v) is 22.6. The van der Waals surface area contributed by atoms with E-state index in [1.165, 1.54) is 25.9 Å². The van der Waals surface area contributed by atoms with Crippen molar-refractivity contribution in [1.82, 2.24) is 19.4 Å². The molecule has 1 amide bonds. The third kappa shape index (κ3) is 5.50. The molecular weight excluding hydrogens is 488 g/mol. The van der Waals surface area contributed by atoms with Gasteiger partial charge >= 0.3 is 0 Å². The van der Waals surface area contributed by atoms with Crippen LogP contribution in [0.4, 0.5) is 0 Å². The lowest BCUT2D eigenvalue weighted by molar-refractivity contribution is 0.0789. The first-order valence-corrected chi connectivity index (χ1v) is 14.0. The molecule has 39 heavy (non-hydrogen) atoms. The van der Waals surface area contributed by atoms with E-state index in [9.17, 15) is 4.79 Å². The predicted molar refractivity (Wildman–Crippen MR) is 154 cm³/mol. The minimum atomic E-state index is 0.0526. The molecule has 0 spiro atoms. The standard InChI is InChI=1S/C32H36N4O3/c1-38-31-20-24(6-11-28(31)32(37)35-16-4-5-17-35)23-36-29-12-13-33-22-26(29)21-30(36)25-7-9-27(10-8-25)39-19-18-34-14-2-3-15-34/h6-13,20-22H,2-5,14-19,23H2,1H3. The third-order valence-corrected chi connectivity index (χ3v) is 7.96. The zero-order valence-electron chi connectivity index (χ0n) is 22.6. The lowest BCUT2D eigenvalue weighted by Gasteiger charge is -2.18. The number of hydrogen-bond donors (Lipinski definition) is 0. The number of rotatable bonds is 9. The van der Waals surface area contributed by atoms with E-state index < -0.39 is 0 Å². The number of fused-ring (bicyclic) bond motifs is 1. The van der Waals surface area contributed by atoms with Gasteiger partial charge in [-0.25, -0.2) is 0 Å². The van der Waals surface area contributed by atoms with Gasteiger partial charge in [-0.1, -0.05) is 6.07 Å². The van der Waals surface area contributed by atoms with Crippen LogP contribution < -0.4 is 9.47 Å². The van der Waals surface area contributed by atoms with Crippen molar-refractivity contribution >= 4 is 16.8 Å². The van der Waals surface area contributed by atoms with Crippen LogP contribution in [0.25, 0.3) is 22.2 Å². The molecule has 4 heterocycles. The molecule has 0 atom stereocenters. The summed E-state index contributed by atoms with van der Waals surface area (Å²) < 4.78 is 14.0. The van der Waals surface area contributed by atoms with Crippen LogP contribution in [0.2, 0.25) is 0 Å². The largest absolute Gasteiger partial charge is 0.496 e. The Kier molecular flexibility index (Phi) is 7.50. The van der Waals surface area contributed by atoms with E-state index in [0.29, 0.717) is 24.5 Å². The Balaban J connectivity index is 1.24. The van der Waals surface area contributed by atoms with Gasteiger partial charge in [0, 0.05) is 49.7 Å². The number of pyridine rings is 1. The smallest absolute Gasteiger partial charge is 0.257 e. The summed E-state index contributed by atoms with van der Waals surface area (Å²) in [5.41, 5.74) is 5.04. The van der Waals surface area contributed by atoms with Crippen LogP contribution in [-0.2, 0) is 6.54 Å². The zero-order chi connectivity index (χ0) is 26.6. The molecule has 2 fully saturated rings. The summed E-state index contributed by atoms with van der Waals surface area (Å²) in [6.07, 6.45) is 8.46. The molecule has 0 unspecified atom stereocenters. The fraction of sp³-hybridized carbons (Fsp3) is 0.375. The van der Waals surface area contributed by atoms with Crippen LogP contribution in [0.15, 0.2) is 67.0 Å². The van der Waals surface area contributed by atoms with Gasteiger partial charge in [0.15, 0.2) is 0 Å². The van der Waals surface area contributed by atoms with Gasteiger partial charge in [0.2, 0.25) is 0 Å². The summed E-state index contributed by atoms with van der Waals surface area (Å²) in [5.74, 6) is 1.57. The highest BCUT2D eigenvalue weighted by Gasteiger charge is 2.23. The number of ether oxygens (including phenoxy) is 2. The highest BCUT2D eigenvalue weighted by Crippen LogP contribution is 2.31. The Hall–Kier alpha value is -3.84. The van der Waals surface area contributed by atoms with Gasteiger partial charge in [0.25, 0.3) is 5.91 Å². The Labute approximate surface area is 230 Å². The molecule has 6 rings (SSSR count). The van der Waals surface area contributed by atoms with E-state index in [-0.39, 0.29) is 5.91 Å². The molecule has 0 N–H and O–H groups in total. The van der Waals surface area contributed by atoms with E-state index in [0.717, 1.165) is 65.9 Å². The van der Waals surface area contributed by atoms with Crippen molar-refractivity contribution in [3.05, 3.63) is 78.1 Å². The molecule has 7 nitrogen and oxygen atoms in total. The highest BCUT2D eigenvalue weighted by atomic mass is 16.5. The number of amides is 1. The predicted octanol–water partition coefficient (Wildman–Crippen LogP) is 5.47. The second-order valence-corrected chi connectivity index (χ2v) is 10.5. The Morgan fingerprint density at radius 1 is 0.923 bits per heavy atom. The van der Waals surface area contributed by atoms with Crippen molar-refractivity contribution in [2.75, 3.05) is 46.4 Å². The number of hydrogen-bond acceptors (Lipinski definition) is 5. The van der Waals surface area contributed by atoms with Crippen molar-refractivity contribution in [1.29, 1.82) is 0 Å². The van der Waals surface area contributed by atoms with E-state index in [1.54, 1.807) is 7.11 Å². The molecule has 2 aliphatic heterocycles. The topological polar surface area (TPSA) is 59.8 Å². The van der Waals surface area contributed by atoms with Gasteiger partial charge in [-0.2, -0.15) is 0 Å². The fourth-order valence-corrected chi connectivity index (χ4v) is 5.83. The van der Waals surface area contributed by atoms with E-state index >= 15 is 0 Å². The van der Waals surface area contributed by atoms with Crippen molar-refractivity contribution < 1.29 is 14.3 Å². The van der Waals surface area contributed by atoms with E-state index in [4.69, 9.17) is 9.47 Å². The monoisotopic (exact) mass is 524 g/mol. The number of nitrogens with zero attached hydrogens (tertiary/aromatic N) is 4. The van der Waals surface area contributed by atoms with Crippen molar-refractivity contribution in [2.45, 2.75) is 32.2 Å². The summed E-state index contributed by atoms with van der Waals surface area (Å²) in [5, 5.41) is 1.09. The Morgan fingerprint density at radius 2 is 1.69 bits per heavy atom. The molecule has 2 aliphatic rings. The maximum absolute atomic E-state index is 13.1. The molecule has 2 aromatic heterocycles. The second-order valence-electron chi connectivity index (χ2n) is 10.5. The molecule has 202 valence electrons. The lowest BCUT2D eigenvalue weighted by atomic mass is 10.1. The average molecular weight is 525 g/mol. The van der Waals surface area contributed by atoms with Crippen LogP contribution >= 0.6 is 0 Å². The number of aromatic nitrogens is 2. The van der Waals surface area contributed by atoms with Gasteiger partial charge in [-0.15, -0.1) is 0 Å². The minimum Gasteiger partial charge on any atom is -0.496 e. The minimum absolute atomic E-state index is 0.0526. The van der Waals surface area contributed by atoms with Crippen LogP contribution in [-0.4, -0.2) is 71.7 Å². The van der Waals surface area contributed by atoms with Crippen molar-refractivity contribution in [2.24, 2.45) is 0 Å². The SMILES string of the molecule is COc1cc(Cn2c(-c3ccc(OCCN4CCCC4)cc3)cc3cnccc32)ccc1C(=O)N1CCCC1. The molecule has 0 saturated carbocycles. The van der Waals surface area contributed by atoms with Crippen molar-refractivity contribution in [3.8, 4) is 22.8 Å². The number of benzene rings is 2. The average Bonchev–Trinajstić information content (AvgIpc) is 3.76. The van der Waals surface area contributed by atoms with Gasteiger partial charge < -0.3 is 18.9 Å². The van der Waals surface area contributed by atoms with Gasteiger partial charge in [-0.05, 0) is 98.4 Å². The van der Waals surface area contributed by atoms with Crippen LogP contribution in [0.3, 0.4) is 0 Å². The first-order chi connectivity index (χ1) is 19.2. The van der Waals surface area contributed by atoms with Gasteiger partial charge in [-0.3, -0.25) is 14.7 Å². The Morgan fingerprint density at radius 3 is 2.46 bits per heavy atom. The van der Waals surface area contributed by atoms with Crippen molar-refractivity contribution in [3.63, 3.8) is 0 Å². The molecule has 0 bridgehead atoms. The van der Waals surface area contributed by atoms with Crippen LogP contribution in [0.1, 0.15) is 41.6 Å². The highest BCUT2D eigenvalue weighted by molar-refractivity contribution is 5.97. The Bertz CT molecular complexity index is 1430. The molecule has 2 saturated heterocycles. The summed E-state index contributed by atoms with van der Waals surface area (Å²) in [6, 6.07) is 18.6. The number of carbonyl (C=O) groups is 1. The first-order valence-electron chi connectivity index (χ1n) is 14.0. The lowest BCUT2D eigenvalue weighted by Crippen LogP contribution is -2.28. The number of carbonyl (C=O) groups excluding carboxylic acids is 1. The third-order valence-electron chi connectivity index (χ3n) is 7.96. The van der Waals surface area contributed by atoms with Gasteiger partial charge in [0.1, 0.15) is 18.1 Å². The quantitative estimate of drug-likeness (QED) is 0.291. The fourth-order valence-electron chi connectivity index (χ4n) is 5.83. The molecule has 0 radical (unpaired) electrons. The maximum Gasteiger partial charge on any atom is 0.257 e. The molecule has 7 heteroatoms. The maximum atomic E-state index is 13.1. The number of methoxy groups -OCH3 is 1. The van der Waals surface area contributed by atoms with Crippen LogP contribution in [0.5, 0.6) is 11.5 Å². The van der Waals surface area contributed by atoms with E-state index in [1.807, 2.05) is 35.5 Å². The molecule has 4 aromatic rings. The summed E-state index contributed by atoms with van der Waals surface area (Å²) in [6.45, 7) is 6.34. The molecule has 0 aliphatic carbocycles. The normalized spacial score (nSPS) is 15.8. The summed E-state index contributed by atoms with van der Waals surface area (Å²) in [7, 11) is 1.64. The number of likely N-dealkylation sites (tertiary alicyclic amines) is 2. The second kappa shape index (κ2) is 11.5. The molecule has 2 aromatic carbocycles. The van der Waals surface area contributed by atoms with Crippen LogP contribution in [0, 0.1) is 0 Å². The summed E-state index contributed by atoms with van der Waals surface area (Å²) >= 11 is 0. The van der Waals surface area contributed by atoms with E-state index in [2.05, 4.69) is 50.8 Å². The summed E-state index contributed by atoms with van der Waals surface area (Å²) in [4.78, 5) is 21.8. The first kappa shape index (κ1) is 25.4. The van der Waals surface area contributed by atoms with Gasteiger partial charge in [0.05, 0.1) is 18.2 Å².